The zero-order valence-electron chi connectivity index (χ0n) is 10.9. The predicted molar refractivity (Wildman–Crippen MR) is 67.5 cm³/mol. The molecule has 0 fully saturated rings. The lowest BCUT2D eigenvalue weighted by Crippen LogP contribution is -2.13. The number of rotatable bonds is 11. The molecule has 2 nitrogen and oxygen atoms in total. The second kappa shape index (κ2) is 10.8. The molecular weight excluding hydrogens is 200 g/mol. The minimum absolute atomic E-state index is 0.149. The Bertz CT molecular complexity index is 197. The van der Waals surface area contributed by atoms with Crippen LogP contribution < -0.4 is 0 Å². The van der Waals surface area contributed by atoms with Crippen LogP contribution in [0.25, 0.3) is 0 Å². The molecule has 0 unspecified atom stereocenters. The molecule has 0 atom stereocenters. The number of hydrogen-bond donors (Lipinski definition) is 0. The summed E-state index contributed by atoms with van der Waals surface area (Å²) >= 11 is 0. The van der Waals surface area contributed by atoms with Crippen molar-refractivity contribution < 1.29 is 9.59 Å². The summed E-state index contributed by atoms with van der Waals surface area (Å²) in [7, 11) is 0. The van der Waals surface area contributed by atoms with E-state index in [-0.39, 0.29) is 11.6 Å². The molecule has 0 radical (unpaired) electrons. The highest BCUT2D eigenvalue weighted by atomic mass is 16.2. The van der Waals surface area contributed by atoms with Gasteiger partial charge in [0.1, 0.15) is 0 Å². The van der Waals surface area contributed by atoms with Crippen molar-refractivity contribution in [2.75, 3.05) is 0 Å². The smallest absolute Gasteiger partial charge is 0.198 e. The molecule has 0 heterocycles. The monoisotopic (exact) mass is 226 g/mol. The highest BCUT2D eigenvalue weighted by Crippen LogP contribution is 2.08. The summed E-state index contributed by atoms with van der Waals surface area (Å²) in [6, 6.07) is 0. The van der Waals surface area contributed by atoms with Crippen LogP contribution in [-0.2, 0) is 9.59 Å². The van der Waals surface area contributed by atoms with Crippen LogP contribution in [0.15, 0.2) is 0 Å². The molecule has 0 aliphatic rings. The molecule has 94 valence electrons. The first-order valence-corrected chi connectivity index (χ1v) is 6.78. The molecule has 0 saturated heterocycles. The Morgan fingerprint density at radius 2 is 1.06 bits per heavy atom. The maximum Gasteiger partial charge on any atom is 0.198 e. The van der Waals surface area contributed by atoms with Gasteiger partial charge in [-0.3, -0.25) is 9.59 Å². The third-order valence-corrected chi connectivity index (χ3v) is 2.83. The van der Waals surface area contributed by atoms with E-state index in [1.807, 2.05) is 6.92 Å². The molecular formula is C14H26O2. The number of ketones is 2. The van der Waals surface area contributed by atoms with Crippen LogP contribution in [-0.4, -0.2) is 11.6 Å². The second-order valence-corrected chi connectivity index (χ2v) is 4.47. The normalized spacial score (nSPS) is 10.4. The van der Waals surface area contributed by atoms with Crippen molar-refractivity contribution in [2.45, 2.75) is 78.1 Å². The van der Waals surface area contributed by atoms with Gasteiger partial charge in [-0.15, -0.1) is 0 Å². The van der Waals surface area contributed by atoms with Crippen molar-refractivity contribution in [3.8, 4) is 0 Å². The van der Waals surface area contributed by atoms with Gasteiger partial charge < -0.3 is 0 Å². The second-order valence-electron chi connectivity index (χ2n) is 4.47. The zero-order chi connectivity index (χ0) is 12.2. The fourth-order valence-electron chi connectivity index (χ4n) is 1.68. The highest BCUT2D eigenvalue weighted by Gasteiger charge is 2.11. The lowest BCUT2D eigenvalue weighted by molar-refractivity contribution is -0.136. The van der Waals surface area contributed by atoms with E-state index in [1.54, 1.807) is 0 Å². The Hall–Kier alpha value is -0.660. The van der Waals surface area contributed by atoms with E-state index in [0.29, 0.717) is 12.8 Å². The van der Waals surface area contributed by atoms with Gasteiger partial charge in [0.05, 0.1) is 0 Å². The maximum atomic E-state index is 11.4. The topological polar surface area (TPSA) is 34.1 Å². The van der Waals surface area contributed by atoms with E-state index < -0.39 is 0 Å². The predicted octanol–water partition coefficient (Wildman–Crippen LogP) is 4.07. The van der Waals surface area contributed by atoms with Gasteiger partial charge in [-0.2, -0.15) is 0 Å². The number of Topliss-reactive ketones (excluding diaryl/α,β-unsaturated/α-hetero) is 2. The summed E-state index contributed by atoms with van der Waals surface area (Å²) in [5.74, 6) is -0.306. The van der Waals surface area contributed by atoms with Crippen LogP contribution in [0.2, 0.25) is 0 Å². The molecule has 0 saturated carbocycles. The molecule has 0 bridgehead atoms. The SMILES string of the molecule is CCCCCCCCC(=O)C(=O)CCCC. The highest BCUT2D eigenvalue weighted by molar-refractivity contribution is 6.37. The summed E-state index contributed by atoms with van der Waals surface area (Å²) in [4.78, 5) is 22.7. The van der Waals surface area contributed by atoms with Crippen LogP contribution in [0.5, 0.6) is 0 Å². The molecule has 16 heavy (non-hydrogen) atoms. The molecule has 0 spiro atoms. The first-order valence-electron chi connectivity index (χ1n) is 6.78. The summed E-state index contributed by atoms with van der Waals surface area (Å²) in [5, 5.41) is 0. The third-order valence-electron chi connectivity index (χ3n) is 2.83. The molecule has 0 amide bonds. The first-order chi connectivity index (χ1) is 7.72. The van der Waals surface area contributed by atoms with E-state index >= 15 is 0 Å². The Morgan fingerprint density at radius 3 is 1.62 bits per heavy atom. The Kier molecular flexibility index (Phi) is 10.4. The first kappa shape index (κ1) is 15.3. The number of carbonyl (C=O) groups excluding carboxylic acids is 2. The minimum atomic E-state index is -0.157. The van der Waals surface area contributed by atoms with Crippen molar-refractivity contribution in [1.82, 2.24) is 0 Å². The van der Waals surface area contributed by atoms with Crippen LogP contribution in [0.3, 0.4) is 0 Å². The van der Waals surface area contributed by atoms with E-state index in [2.05, 4.69) is 6.92 Å². The van der Waals surface area contributed by atoms with Gasteiger partial charge in [0.15, 0.2) is 11.6 Å². The Labute approximate surface area is 99.8 Å². The van der Waals surface area contributed by atoms with Crippen molar-refractivity contribution in [2.24, 2.45) is 0 Å². The molecule has 0 aromatic rings. The standard InChI is InChI=1S/C14H26O2/c1-3-5-7-8-9-10-12-14(16)13(15)11-6-4-2/h3-12H2,1-2H3. The van der Waals surface area contributed by atoms with E-state index in [1.165, 1.54) is 25.7 Å². The van der Waals surface area contributed by atoms with Crippen molar-refractivity contribution in [3.05, 3.63) is 0 Å². The Balaban J connectivity index is 3.39. The fourth-order valence-corrected chi connectivity index (χ4v) is 1.68. The lowest BCUT2D eigenvalue weighted by atomic mass is 10.0. The molecule has 0 aromatic heterocycles. The van der Waals surface area contributed by atoms with Gasteiger partial charge in [-0.1, -0.05) is 52.4 Å². The van der Waals surface area contributed by atoms with Crippen molar-refractivity contribution >= 4 is 11.6 Å². The Morgan fingerprint density at radius 1 is 0.625 bits per heavy atom. The molecule has 0 N–H and O–H groups in total. The number of carbonyl (C=O) groups is 2. The zero-order valence-corrected chi connectivity index (χ0v) is 10.9. The fraction of sp³-hybridized carbons (Fsp3) is 0.857. The van der Waals surface area contributed by atoms with Crippen molar-refractivity contribution in [3.63, 3.8) is 0 Å². The van der Waals surface area contributed by atoms with Gasteiger partial charge in [-0.05, 0) is 12.8 Å². The molecule has 0 aliphatic carbocycles. The average molecular weight is 226 g/mol. The number of unbranched alkanes of at least 4 members (excludes halogenated alkanes) is 6. The van der Waals surface area contributed by atoms with Crippen molar-refractivity contribution in [1.29, 1.82) is 0 Å². The maximum absolute atomic E-state index is 11.4. The molecule has 0 aliphatic heterocycles. The summed E-state index contributed by atoms with van der Waals surface area (Å²) in [6.07, 6.45) is 9.71. The summed E-state index contributed by atoms with van der Waals surface area (Å²) < 4.78 is 0. The quantitative estimate of drug-likeness (QED) is 0.393. The van der Waals surface area contributed by atoms with Crippen LogP contribution in [0, 0.1) is 0 Å². The summed E-state index contributed by atoms with van der Waals surface area (Å²) in [5.41, 5.74) is 0. The average Bonchev–Trinajstić information content (AvgIpc) is 2.30. The van der Waals surface area contributed by atoms with E-state index in [9.17, 15) is 9.59 Å². The van der Waals surface area contributed by atoms with Gasteiger partial charge >= 0.3 is 0 Å². The van der Waals surface area contributed by atoms with Crippen LogP contribution in [0.1, 0.15) is 78.1 Å². The number of hydrogen-bond acceptors (Lipinski definition) is 2. The third kappa shape index (κ3) is 8.63. The van der Waals surface area contributed by atoms with Crippen LogP contribution in [0.4, 0.5) is 0 Å². The minimum Gasteiger partial charge on any atom is -0.291 e. The van der Waals surface area contributed by atoms with E-state index in [0.717, 1.165) is 25.7 Å². The summed E-state index contributed by atoms with van der Waals surface area (Å²) in [6.45, 7) is 4.22. The lowest BCUT2D eigenvalue weighted by Gasteiger charge is -2.00. The largest absolute Gasteiger partial charge is 0.291 e. The van der Waals surface area contributed by atoms with Crippen LogP contribution >= 0.6 is 0 Å². The van der Waals surface area contributed by atoms with Gasteiger partial charge in [0.2, 0.25) is 0 Å². The molecule has 0 rings (SSSR count). The van der Waals surface area contributed by atoms with E-state index in [4.69, 9.17) is 0 Å². The van der Waals surface area contributed by atoms with Gasteiger partial charge in [0, 0.05) is 12.8 Å². The molecule has 0 aromatic carbocycles. The molecule has 2 heteroatoms. The van der Waals surface area contributed by atoms with Gasteiger partial charge in [-0.25, -0.2) is 0 Å². The van der Waals surface area contributed by atoms with Gasteiger partial charge in [0.25, 0.3) is 0 Å².